The van der Waals surface area contributed by atoms with E-state index in [0.717, 1.165) is 5.69 Å². The Kier molecular flexibility index (Phi) is 6.52. The van der Waals surface area contributed by atoms with E-state index < -0.39 is 12.6 Å². The van der Waals surface area contributed by atoms with Gasteiger partial charge in [0.1, 0.15) is 0 Å². The molecule has 3 N–H and O–H groups in total. The Balaban J connectivity index is 2.40. The van der Waals surface area contributed by atoms with Crippen LogP contribution in [0.5, 0.6) is 0 Å². The largest absolute Gasteiger partial charge is 0.389 e. The lowest BCUT2D eigenvalue weighted by molar-refractivity contribution is -0.135. The molecule has 1 rings (SSSR count). The fraction of sp³-hybridized carbons (Fsp3) is 0.533. The number of benzene rings is 1. The van der Waals surface area contributed by atoms with Crippen molar-refractivity contribution in [2.75, 3.05) is 11.9 Å². The van der Waals surface area contributed by atoms with Gasteiger partial charge in [0.15, 0.2) is 5.96 Å². The SMILES string of the molecule is CC(C)c1cccc(NC(N)=NCCCCC(F)(F)F)c1. The van der Waals surface area contributed by atoms with Crippen molar-refractivity contribution in [3.05, 3.63) is 29.8 Å². The van der Waals surface area contributed by atoms with Crippen LogP contribution < -0.4 is 11.1 Å². The van der Waals surface area contributed by atoms with E-state index in [2.05, 4.69) is 24.2 Å². The number of halogens is 3. The van der Waals surface area contributed by atoms with Crippen LogP contribution in [0.25, 0.3) is 0 Å². The summed E-state index contributed by atoms with van der Waals surface area (Å²) in [6.45, 7) is 4.48. The lowest BCUT2D eigenvalue weighted by Crippen LogP contribution is -2.23. The molecule has 0 aliphatic rings. The van der Waals surface area contributed by atoms with Gasteiger partial charge in [-0.1, -0.05) is 26.0 Å². The Morgan fingerprint density at radius 3 is 2.62 bits per heavy atom. The molecule has 0 amide bonds. The number of hydrogen-bond acceptors (Lipinski definition) is 1. The van der Waals surface area contributed by atoms with Gasteiger partial charge in [-0.25, -0.2) is 0 Å². The van der Waals surface area contributed by atoms with E-state index in [0.29, 0.717) is 18.9 Å². The molecule has 0 saturated carbocycles. The fourth-order valence-corrected chi connectivity index (χ4v) is 1.80. The summed E-state index contributed by atoms with van der Waals surface area (Å²) < 4.78 is 35.9. The maximum atomic E-state index is 12.0. The second-order valence-corrected chi connectivity index (χ2v) is 5.24. The molecule has 0 heterocycles. The molecule has 118 valence electrons. The van der Waals surface area contributed by atoms with Gasteiger partial charge in [-0.3, -0.25) is 4.99 Å². The first kappa shape index (κ1) is 17.3. The number of anilines is 1. The molecule has 0 fully saturated rings. The topological polar surface area (TPSA) is 50.4 Å². The molecule has 3 nitrogen and oxygen atoms in total. The highest BCUT2D eigenvalue weighted by molar-refractivity contribution is 5.92. The van der Waals surface area contributed by atoms with E-state index in [1.54, 1.807) is 0 Å². The first-order valence-corrected chi connectivity index (χ1v) is 7.01. The van der Waals surface area contributed by atoms with Crippen molar-refractivity contribution in [3.63, 3.8) is 0 Å². The molecule has 1 aromatic rings. The van der Waals surface area contributed by atoms with Crippen LogP contribution in [0.3, 0.4) is 0 Å². The lowest BCUT2D eigenvalue weighted by Gasteiger charge is -2.10. The molecular formula is C15H22F3N3. The van der Waals surface area contributed by atoms with Crippen LogP contribution >= 0.6 is 0 Å². The maximum absolute atomic E-state index is 12.0. The molecule has 0 radical (unpaired) electrons. The monoisotopic (exact) mass is 301 g/mol. The Morgan fingerprint density at radius 2 is 2.00 bits per heavy atom. The van der Waals surface area contributed by atoms with Gasteiger partial charge >= 0.3 is 6.18 Å². The lowest BCUT2D eigenvalue weighted by atomic mass is 10.0. The van der Waals surface area contributed by atoms with E-state index >= 15 is 0 Å². The van der Waals surface area contributed by atoms with Crippen molar-refractivity contribution in [3.8, 4) is 0 Å². The number of unbranched alkanes of at least 4 members (excludes halogenated alkanes) is 1. The predicted molar refractivity (Wildman–Crippen MR) is 80.5 cm³/mol. The number of nitrogens with one attached hydrogen (secondary N) is 1. The van der Waals surface area contributed by atoms with Crippen molar-refractivity contribution < 1.29 is 13.2 Å². The Morgan fingerprint density at radius 1 is 1.29 bits per heavy atom. The average Bonchev–Trinajstić information content (AvgIpc) is 2.37. The molecule has 0 unspecified atom stereocenters. The minimum absolute atomic E-state index is 0.0725. The number of rotatable bonds is 6. The predicted octanol–water partition coefficient (Wildman–Crippen LogP) is 4.27. The maximum Gasteiger partial charge on any atom is 0.389 e. The molecule has 1 aromatic carbocycles. The van der Waals surface area contributed by atoms with Crippen LogP contribution in [0.15, 0.2) is 29.3 Å². The van der Waals surface area contributed by atoms with Crippen LogP contribution in [0.1, 0.15) is 44.6 Å². The first-order chi connectivity index (χ1) is 9.78. The van der Waals surface area contributed by atoms with Crippen molar-refractivity contribution in [1.82, 2.24) is 0 Å². The highest BCUT2D eigenvalue weighted by Crippen LogP contribution is 2.22. The van der Waals surface area contributed by atoms with Crippen LogP contribution in [-0.4, -0.2) is 18.7 Å². The van der Waals surface area contributed by atoms with Gasteiger partial charge in [0.05, 0.1) is 0 Å². The Labute approximate surface area is 123 Å². The van der Waals surface area contributed by atoms with Crippen molar-refractivity contribution in [2.45, 2.75) is 45.2 Å². The summed E-state index contributed by atoms with van der Waals surface area (Å²) in [6, 6.07) is 7.81. The fourth-order valence-electron chi connectivity index (χ4n) is 1.80. The smallest absolute Gasteiger partial charge is 0.370 e. The molecule has 6 heteroatoms. The molecule has 0 aromatic heterocycles. The molecule has 0 aliphatic heterocycles. The second kappa shape index (κ2) is 7.90. The summed E-state index contributed by atoms with van der Waals surface area (Å²) >= 11 is 0. The van der Waals surface area contributed by atoms with Crippen molar-refractivity contribution in [1.29, 1.82) is 0 Å². The summed E-state index contributed by atoms with van der Waals surface area (Å²) in [5.41, 5.74) is 7.73. The molecule has 21 heavy (non-hydrogen) atoms. The van der Waals surface area contributed by atoms with E-state index in [4.69, 9.17) is 5.73 Å². The zero-order valence-electron chi connectivity index (χ0n) is 12.4. The van der Waals surface area contributed by atoms with Crippen molar-refractivity contribution >= 4 is 11.6 Å². The summed E-state index contributed by atoms with van der Waals surface area (Å²) in [7, 11) is 0. The van der Waals surface area contributed by atoms with E-state index in [-0.39, 0.29) is 12.4 Å². The minimum atomic E-state index is -4.09. The summed E-state index contributed by atoms with van der Waals surface area (Å²) in [6.07, 6.45) is -4.42. The third-order valence-corrected chi connectivity index (χ3v) is 2.98. The number of alkyl halides is 3. The number of guanidine groups is 1. The third kappa shape index (κ3) is 7.58. The van der Waals surface area contributed by atoms with Gasteiger partial charge in [0.25, 0.3) is 0 Å². The average molecular weight is 301 g/mol. The zero-order chi connectivity index (χ0) is 15.9. The van der Waals surface area contributed by atoms with Gasteiger partial charge in [0.2, 0.25) is 0 Å². The summed E-state index contributed by atoms with van der Waals surface area (Å²) in [5.74, 6) is 0.634. The van der Waals surface area contributed by atoms with Gasteiger partial charge in [-0.15, -0.1) is 0 Å². The molecule has 0 aliphatic carbocycles. The van der Waals surface area contributed by atoms with Gasteiger partial charge < -0.3 is 11.1 Å². The van der Waals surface area contributed by atoms with E-state index in [1.807, 2.05) is 24.3 Å². The normalized spacial score (nSPS) is 12.8. The molecule has 0 saturated heterocycles. The van der Waals surface area contributed by atoms with Crippen LogP contribution in [0.4, 0.5) is 18.9 Å². The molecule has 0 bridgehead atoms. The van der Waals surface area contributed by atoms with Gasteiger partial charge in [-0.2, -0.15) is 13.2 Å². The summed E-state index contributed by atoms with van der Waals surface area (Å²) in [4.78, 5) is 4.03. The minimum Gasteiger partial charge on any atom is -0.370 e. The first-order valence-electron chi connectivity index (χ1n) is 7.01. The van der Waals surface area contributed by atoms with E-state index in [1.165, 1.54) is 5.56 Å². The second-order valence-electron chi connectivity index (χ2n) is 5.24. The van der Waals surface area contributed by atoms with Crippen LogP contribution in [0, 0.1) is 0 Å². The number of aliphatic imine (C=N–C) groups is 1. The Hall–Kier alpha value is -1.72. The number of nitrogens with two attached hydrogens (primary N) is 1. The standard InChI is InChI=1S/C15H22F3N3/c1-11(2)12-6-5-7-13(10-12)21-14(19)20-9-4-3-8-15(16,17)18/h5-7,10-11H,3-4,8-9H2,1-2H3,(H3,19,20,21). The zero-order valence-corrected chi connectivity index (χ0v) is 12.4. The van der Waals surface area contributed by atoms with Gasteiger partial charge in [0, 0.05) is 18.7 Å². The van der Waals surface area contributed by atoms with Crippen molar-refractivity contribution in [2.24, 2.45) is 10.7 Å². The van der Waals surface area contributed by atoms with Crippen LogP contribution in [0.2, 0.25) is 0 Å². The highest BCUT2D eigenvalue weighted by Gasteiger charge is 2.25. The Bertz CT molecular complexity index is 467. The number of nitrogens with zero attached hydrogens (tertiary/aromatic N) is 1. The highest BCUT2D eigenvalue weighted by atomic mass is 19.4. The molecule has 0 atom stereocenters. The molecule has 0 spiro atoms. The summed E-state index contributed by atoms with van der Waals surface area (Å²) in [5, 5.41) is 2.95. The number of hydrogen-bond donors (Lipinski definition) is 2. The van der Waals surface area contributed by atoms with Gasteiger partial charge in [-0.05, 0) is 36.5 Å². The van der Waals surface area contributed by atoms with Crippen LogP contribution in [-0.2, 0) is 0 Å². The third-order valence-electron chi connectivity index (χ3n) is 2.98. The molecular weight excluding hydrogens is 279 g/mol. The quantitative estimate of drug-likeness (QED) is 0.468. The van der Waals surface area contributed by atoms with E-state index in [9.17, 15) is 13.2 Å².